The normalized spacial score (nSPS) is 15.6. The molecule has 0 aromatic heterocycles. The number of halogens is 1. The standard InChI is InChI=1S/C19H23ClN2O/c1-15-11-19(23-14-16-5-3-2-4-6-16)17(12-18(15)20)13-22-9-7-21-8-10-22/h2-6,11-12,21H,7-10,13-14H2,1H3. The molecule has 0 spiro atoms. The zero-order valence-corrected chi connectivity index (χ0v) is 14.3. The van der Waals surface area contributed by atoms with E-state index in [0.29, 0.717) is 6.61 Å². The van der Waals surface area contributed by atoms with Crippen LogP contribution in [0.3, 0.4) is 0 Å². The van der Waals surface area contributed by atoms with Crippen LogP contribution in [0.2, 0.25) is 5.02 Å². The van der Waals surface area contributed by atoms with E-state index in [-0.39, 0.29) is 0 Å². The molecule has 0 amide bonds. The number of rotatable bonds is 5. The zero-order chi connectivity index (χ0) is 16.1. The second kappa shape index (κ2) is 7.82. The lowest BCUT2D eigenvalue weighted by molar-refractivity contribution is 0.226. The third-order valence-corrected chi connectivity index (χ3v) is 4.59. The van der Waals surface area contributed by atoms with Gasteiger partial charge in [-0.2, -0.15) is 0 Å². The summed E-state index contributed by atoms with van der Waals surface area (Å²) in [6, 6.07) is 14.4. The second-order valence-electron chi connectivity index (χ2n) is 6.01. The topological polar surface area (TPSA) is 24.5 Å². The van der Waals surface area contributed by atoms with E-state index in [4.69, 9.17) is 16.3 Å². The van der Waals surface area contributed by atoms with Crippen molar-refractivity contribution in [3.8, 4) is 5.75 Å². The monoisotopic (exact) mass is 330 g/mol. The van der Waals surface area contributed by atoms with Gasteiger partial charge in [-0.1, -0.05) is 41.9 Å². The molecule has 1 N–H and O–H groups in total. The van der Waals surface area contributed by atoms with Gasteiger partial charge in [-0.3, -0.25) is 4.90 Å². The van der Waals surface area contributed by atoms with Crippen LogP contribution < -0.4 is 10.1 Å². The Kier molecular flexibility index (Phi) is 5.55. The molecular weight excluding hydrogens is 308 g/mol. The van der Waals surface area contributed by atoms with E-state index in [0.717, 1.165) is 49.1 Å². The summed E-state index contributed by atoms with van der Waals surface area (Å²) in [4.78, 5) is 2.44. The minimum Gasteiger partial charge on any atom is -0.489 e. The quantitative estimate of drug-likeness (QED) is 0.906. The number of nitrogens with zero attached hydrogens (tertiary/aromatic N) is 1. The molecule has 0 aliphatic carbocycles. The number of hydrogen-bond donors (Lipinski definition) is 1. The number of nitrogens with one attached hydrogen (secondary N) is 1. The summed E-state index contributed by atoms with van der Waals surface area (Å²) in [6.07, 6.45) is 0. The molecule has 1 heterocycles. The molecule has 1 fully saturated rings. The van der Waals surface area contributed by atoms with Gasteiger partial charge >= 0.3 is 0 Å². The van der Waals surface area contributed by atoms with Crippen LogP contribution in [0.1, 0.15) is 16.7 Å². The van der Waals surface area contributed by atoms with E-state index in [9.17, 15) is 0 Å². The Morgan fingerprint density at radius 2 is 1.87 bits per heavy atom. The highest BCUT2D eigenvalue weighted by Crippen LogP contribution is 2.28. The van der Waals surface area contributed by atoms with Crippen molar-refractivity contribution in [1.82, 2.24) is 10.2 Å². The van der Waals surface area contributed by atoms with Gasteiger partial charge in [0.05, 0.1) is 0 Å². The van der Waals surface area contributed by atoms with Crippen molar-refractivity contribution < 1.29 is 4.74 Å². The number of piperazine rings is 1. The first-order chi connectivity index (χ1) is 11.2. The van der Waals surface area contributed by atoms with Crippen molar-refractivity contribution in [2.75, 3.05) is 26.2 Å². The lowest BCUT2D eigenvalue weighted by Gasteiger charge is -2.28. The van der Waals surface area contributed by atoms with Crippen molar-refractivity contribution in [2.24, 2.45) is 0 Å². The maximum Gasteiger partial charge on any atom is 0.124 e. The van der Waals surface area contributed by atoms with Gasteiger partial charge in [-0.05, 0) is 30.2 Å². The van der Waals surface area contributed by atoms with Crippen molar-refractivity contribution in [3.05, 3.63) is 64.2 Å². The minimum absolute atomic E-state index is 0.580. The van der Waals surface area contributed by atoms with Crippen LogP contribution in [-0.4, -0.2) is 31.1 Å². The molecule has 0 unspecified atom stereocenters. The molecule has 23 heavy (non-hydrogen) atoms. The van der Waals surface area contributed by atoms with Crippen LogP contribution in [0.4, 0.5) is 0 Å². The van der Waals surface area contributed by atoms with Gasteiger partial charge in [0, 0.05) is 43.3 Å². The molecule has 0 bridgehead atoms. The molecule has 2 aromatic rings. The first-order valence-electron chi connectivity index (χ1n) is 8.11. The molecule has 3 rings (SSSR count). The van der Waals surface area contributed by atoms with Gasteiger partial charge in [0.15, 0.2) is 0 Å². The van der Waals surface area contributed by atoms with Crippen molar-refractivity contribution in [3.63, 3.8) is 0 Å². The Hall–Kier alpha value is -1.55. The van der Waals surface area contributed by atoms with E-state index in [1.54, 1.807) is 0 Å². The SMILES string of the molecule is Cc1cc(OCc2ccccc2)c(CN2CCNCC2)cc1Cl. The van der Waals surface area contributed by atoms with Crippen LogP contribution in [0, 0.1) is 6.92 Å². The molecule has 4 heteroatoms. The largest absolute Gasteiger partial charge is 0.489 e. The summed E-state index contributed by atoms with van der Waals surface area (Å²) in [5.41, 5.74) is 3.39. The fourth-order valence-electron chi connectivity index (χ4n) is 2.80. The van der Waals surface area contributed by atoms with Crippen molar-refractivity contribution in [1.29, 1.82) is 0 Å². The molecule has 0 radical (unpaired) electrons. The lowest BCUT2D eigenvalue weighted by atomic mass is 10.1. The highest BCUT2D eigenvalue weighted by Gasteiger charge is 2.14. The summed E-state index contributed by atoms with van der Waals surface area (Å²) >= 11 is 6.33. The average Bonchev–Trinajstić information content (AvgIpc) is 2.58. The summed E-state index contributed by atoms with van der Waals surface area (Å²) in [7, 11) is 0. The van der Waals surface area contributed by atoms with E-state index in [2.05, 4.69) is 34.5 Å². The molecular formula is C19H23ClN2O. The minimum atomic E-state index is 0.580. The van der Waals surface area contributed by atoms with Crippen molar-refractivity contribution in [2.45, 2.75) is 20.1 Å². The third kappa shape index (κ3) is 4.47. The average molecular weight is 331 g/mol. The molecule has 1 aliphatic rings. The number of aryl methyl sites for hydroxylation is 1. The highest BCUT2D eigenvalue weighted by molar-refractivity contribution is 6.31. The Morgan fingerprint density at radius 1 is 1.13 bits per heavy atom. The van der Waals surface area contributed by atoms with Gasteiger partial charge < -0.3 is 10.1 Å². The van der Waals surface area contributed by atoms with E-state index in [1.807, 2.05) is 25.1 Å². The maximum absolute atomic E-state index is 6.33. The molecule has 1 aliphatic heterocycles. The van der Waals surface area contributed by atoms with E-state index in [1.165, 1.54) is 11.1 Å². The molecule has 122 valence electrons. The fraction of sp³-hybridized carbons (Fsp3) is 0.368. The predicted octanol–water partition coefficient (Wildman–Crippen LogP) is 3.63. The molecule has 1 saturated heterocycles. The zero-order valence-electron chi connectivity index (χ0n) is 13.5. The third-order valence-electron chi connectivity index (χ3n) is 4.18. The van der Waals surface area contributed by atoms with Crippen LogP contribution in [-0.2, 0) is 13.2 Å². The maximum atomic E-state index is 6.33. The second-order valence-corrected chi connectivity index (χ2v) is 6.42. The summed E-state index contributed by atoms with van der Waals surface area (Å²) < 4.78 is 6.10. The van der Waals surface area contributed by atoms with E-state index < -0.39 is 0 Å². The van der Waals surface area contributed by atoms with Gasteiger partial charge in [-0.15, -0.1) is 0 Å². The fourth-order valence-corrected chi connectivity index (χ4v) is 2.99. The smallest absolute Gasteiger partial charge is 0.124 e. The molecule has 0 atom stereocenters. The van der Waals surface area contributed by atoms with Gasteiger partial charge in [0.2, 0.25) is 0 Å². The van der Waals surface area contributed by atoms with Crippen LogP contribution in [0.25, 0.3) is 0 Å². The summed E-state index contributed by atoms with van der Waals surface area (Å²) in [5, 5.41) is 4.19. The highest BCUT2D eigenvalue weighted by atomic mass is 35.5. The van der Waals surface area contributed by atoms with Crippen LogP contribution >= 0.6 is 11.6 Å². The predicted molar refractivity (Wildman–Crippen MR) is 95.1 cm³/mol. The summed E-state index contributed by atoms with van der Waals surface area (Å²) in [5.74, 6) is 0.939. The Balaban J connectivity index is 1.75. The van der Waals surface area contributed by atoms with Gasteiger partial charge in [0.1, 0.15) is 12.4 Å². The number of hydrogen-bond acceptors (Lipinski definition) is 3. The van der Waals surface area contributed by atoms with Gasteiger partial charge in [-0.25, -0.2) is 0 Å². The lowest BCUT2D eigenvalue weighted by Crippen LogP contribution is -2.42. The van der Waals surface area contributed by atoms with Crippen molar-refractivity contribution >= 4 is 11.6 Å². The number of benzene rings is 2. The summed E-state index contributed by atoms with van der Waals surface area (Å²) in [6.45, 7) is 7.68. The van der Waals surface area contributed by atoms with Crippen LogP contribution in [0.15, 0.2) is 42.5 Å². The van der Waals surface area contributed by atoms with E-state index >= 15 is 0 Å². The first kappa shape index (κ1) is 16.3. The van der Waals surface area contributed by atoms with Gasteiger partial charge in [0.25, 0.3) is 0 Å². The van der Waals surface area contributed by atoms with Crippen LogP contribution in [0.5, 0.6) is 5.75 Å². The molecule has 0 saturated carbocycles. The number of ether oxygens (including phenoxy) is 1. The first-order valence-corrected chi connectivity index (χ1v) is 8.49. The molecule has 2 aromatic carbocycles. The Bertz CT molecular complexity index is 639. The Morgan fingerprint density at radius 3 is 2.61 bits per heavy atom. The Labute approximate surface area is 143 Å². The molecule has 3 nitrogen and oxygen atoms in total.